The number of hydrogen-bond acceptors (Lipinski definition) is 2. The SMILES string of the molecule is CC(C)CCCN1CCN(C(=O)Nc2cc(F)ccc2F)CC1. The highest BCUT2D eigenvalue weighted by Crippen LogP contribution is 2.16. The summed E-state index contributed by atoms with van der Waals surface area (Å²) in [4.78, 5) is 16.1. The average Bonchev–Trinajstić information content (AvgIpc) is 2.51. The number of hydrogen-bond donors (Lipinski definition) is 1. The second kappa shape index (κ2) is 8.24. The molecule has 4 nitrogen and oxygen atoms in total. The molecule has 2 rings (SSSR count). The lowest BCUT2D eigenvalue weighted by atomic mass is 10.1. The number of urea groups is 1. The standard InChI is InChI=1S/C17H25F2N3O/c1-13(2)4-3-7-21-8-10-22(11-9-21)17(23)20-16-12-14(18)5-6-15(16)19/h5-6,12-13H,3-4,7-11H2,1-2H3,(H,20,23). The first kappa shape index (κ1) is 17.7. The second-order valence-electron chi connectivity index (χ2n) is 6.42. The fourth-order valence-electron chi connectivity index (χ4n) is 2.69. The Balaban J connectivity index is 1.78. The van der Waals surface area contributed by atoms with Crippen molar-refractivity contribution in [2.75, 3.05) is 38.0 Å². The topological polar surface area (TPSA) is 35.6 Å². The van der Waals surface area contributed by atoms with Crippen LogP contribution >= 0.6 is 0 Å². The molecule has 1 aromatic carbocycles. The number of nitrogens with zero attached hydrogens (tertiary/aromatic N) is 2. The van der Waals surface area contributed by atoms with Crippen LogP contribution < -0.4 is 5.32 Å². The molecule has 6 heteroatoms. The van der Waals surface area contributed by atoms with Crippen molar-refractivity contribution in [3.63, 3.8) is 0 Å². The Morgan fingerprint density at radius 2 is 1.91 bits per heavy atom. The summed E-state index contributed by atoms with van der Waals surface area (Å²) in [7, 11) is 0. The van der Waals surface area contributed by atoms with E-state index in [0.29, 0.717) is 19.0 Å². The molecule has 2 amide bonds. The Hall–Kier alpha value is -1.69. The van der Waals surface area contributed by atoms with Gasteiger partial charge in [0.1, 0.15) is 11.6 Å². The van der Waals surface area contributed by atoms with Crippen molar-refractivity contribution in [3.05, 3.63) is 29.8 Å². The summed E-state index contributed by atoms with van der Waals surface area (Å²) >= 11 is 0. The Morgan fingerprint density at radius 1 is 1.22 bits per heavy atom. The molecule has 0 atom stereocenters. The summed E-state index contributed by atoms with van der Waals surface area (Å²) in [6.07, 6.45) is 2.37. The predicted molar refractivity (Wildman–Crippen MR) is 87.5 cm³/mol. The number of amides is 2. The summed E-state index contributed by atoms with van der Waals surface area (Å²) in [5.41, 5.74) is -0.116. The van der Waals surface area contributed by atoms with Crippen LogP contribution in [0.5, 0.6) is 0 Å². The van der Waals surface area contributed by atoms with Gasteiger partial charge >= 0.3 is 6.03 Å². The zero-order valence-corrected chi connectivity index (χ0v) is 13.8. The van der Waals surface area contributed by atoms with Crippen molar-refractivity contribution in [1.82, 2.24) is 9.80 Å². The fraction of sp³-hybridized carbons (Fsp3) is 0.588. The van der Waals surface area contributed by atoms with Crippen LogP contribution in [0.15, 0.2) is 18.2 Å². The van der Waals surface area contributed by atoms with Crippen LogP contribution in [0.4, 0.5) is 19.3 Å². The molecular formula is C17H25F2N3O. The lowest BCUT2D eigenvalue weighted by Crippen LogP contribution is -2.50. The largest absolute Gasteiger partial charge is 0.322 e. The molecule has 0 spiro atoms. The van der Waals surface area contributed by atoms with E-state index in [1.807, 2.05) is 0 Å². The first-order valence-corrected chi connectivity index (χ1v) is 8.19. The van der Waals surface area contributed by atoms with Crippen LogP contribution in [-0.4, -0.2) is 48.6 Å². The number of anilines is 1. The lowest BCUT2D eigenvalue weighted by molar-refractivity contribution is 0.145. The molecule has 0 saturated carbocycles. The third-order valence-electron chi connectivity index (χ3n) is 4.09. The van der Waals surface area contributed by atoms with Crippen LogP contribution in [0.2, 0.25) is 0 Å². The molecule has 1 saturated heterocycles. The smallest absolute Gasteiger partial charge is 0.322 e. The van der Waals surface area contributed by atoms with Crippen molar-refractivity contribution < 1.29 is 13.6 Å². The molecule has 1 aliphatic heterocycles. The number of piperazine rings is 1. The number of nitrogens with one attached hydrogen (secondary N) is 1. The minimum Gasteiger partial charge on any atom is -0.322 e. The van der Waals surface area contributed by atoms with Gasteiger partial charge in [-0.15, -0.1) is 0 Å². The number of carbonyl (C=O) groups excluding carboxylic acids is 1. The summed E-state index contributed by atoms with van der Waals surface area (Å²) in [5.74, 6) is -0.494. The van der Waals surface area contributed by atoms with Crippen molar-refractivity contribution >= 4 is 11.7 Å². The fourth-order valence-corrected chi connectivity index (χ4v) is 2.69. The maximum atomic E-state index is 13.6. The van der Waals surface area contributed by atoms with E-state index >= 15 is 0 Å². The maximum absolute atomic E-state index is 13.6. The second-order valence-corrected chi connectivity index (χ2v) is 6.42. The molecule has 1 aromatic rings. The quantitative estimate of drug-likeness (QED) is 0.898. The maximum Gasteiger partial charge on any atom is 0.322 e. The normalized spacial score (nSPS) is 16.0. The number of benzene rings is 1. The van der Waals surface area contributed by atoms with E-state index in [-0.39, 0.29) is 11.7 Å². The van der Waals surface area contributed by atoms with Gasteiger partial charge in [-0.1, -0.05) is 13.8 Å². The summed E-state index contributed by atoms with van der Waals surface area (Å²) < 4.78 is 26.7. The first-order valence-electron chi connectivity index (χ1n) is 8.19. The van der Waals surface area contributed by atoms with Gasteiger partial charge in [0, 0.05) is 32.2 Å². The van der Waals surface area contributed by atoms with E-state index in [9.17, 15) is 13.6 Å². The van der Waals surface area contributed by atoms with Gasteiger partial charge in [0.2, 0.25) is 0 Å². The third kappa shape index (κ3) is 5.46. The number of rotatable bonds is 5. The Labute approximate surface area is 136 Å². The third-order valence-corrected chi connectivity index (χ3v) is 4.09. The summed E-state index contributed by atoms with van der Waals surface area (Å²) in [5, 5.41) is 2.45. The van der Waals surface area contributed by atoms with E-state index in [1.165, 1.54) is 12.8 Å². The highest BCUT2D eigenvalue weighted by molar-refractivity contribution is 5.89. The van der Waals surface area contributed by atoms with Crippen molar-refractivity contribution in [2.24, 2.45) is 5.92 Å². The molecule has 1 heterocycles. The molecule has 0 aromatic heterocycles. The predicted octanol–water partition coefficient (Wildman–Crippen LogP) is 3.55. The van der Waals surface area contributed by atoms with Crippen LogP contribution in [0, 0.1) is 17.6 Å². The van der Waals surface area contributed by atoms with E-state index in [2.05, 4.69) is 24.1 Å². The van der Waals surface area contributed by atoms with Crippen LogP contribution in [0.3, 0.4) is 0 Å². The van der Waals surface area contributed by atoms with Gasteiger partial charge in [0.25, 0.3) is 0 Å². The van der Waals surface area contributed by atoms with Gasteiger partial charge in [-0.3, -0.25) is 4.90 Å². The molecule has 0 unspecified atom stereocenters. The first-order chi connectivity index (χ1) is 11.0. The van der Waals surface area contributed by atoms with Gasteiger partial charge in [-0.05, 0) is 37.4 Å². The van der Waals surface area contributed by atoms with E-state index < -0.39 is 11.6 Å². The Bertz CT molecular complexity index is 529. The van der Waals surface area contributed by atoms with Crippen molar-refractivity contribution in [2.45, 2.75) is 26.7 Å². The highest BCUT2D eigenvalue weighted by Gasteiger charge is 2.21. The molecule has 0 bridgehead atoms. The molecule has 128 valence electrons. The average molecular weight is 325 g/mol. The zero-order chi connectivity index (χ0) is 16.8. The minimum atomic E-state index is -0.632. The van der Waals surface area contributed by atoms with Gasteiger partial charge in [0.15, 0.2) is 0 Å². The van der Waals surface area contributed by atoms with Gasteiger partial charge < -0.3 is 10.2 Å². The molecule has 0 aliphatic carbocycles. The van der Waals surface area contributed by atoms with Crippen LogP contribution in [0.1, 0.15) is 26.7 Å². The molecule has 1 aliphatic rings. The summed E-state index contributed by atoms with van der Waals surface area (Å²) in [6, 6.07) is 2.66. The molecular weight excluding hydrogens is 300 g/mol. The van der Waals surface area contributed by atoms with Crippen molar-refractivity contribution in [1.29, 1.82) is 0 Å². The van der Waals surface area contributed by atoms with E-state index in [0.717, 1.165) is 37.8 Å². The van der Waals surface area contributed by atoms with E-state index in [1.54, 1.807) is 4.90 Å². The Kier molecular flexibility index (Phi) is 6.33. The van der Waals surface area contributed by atoms with Gasteiger partial charge in [-0.25, -0.2) is 13.6 Å². The monoisotopic (exact) mass is 325 g/mol. The Morgan fingerprint density at radius 3 is 2.57 bits per heavy atom. The number of halogens is 2. The minimum absolute atomic E-state index is 0.116. The molecule has 1 fully saturated rings. The molecule has 1 N–H and O–H groups in total. The van der Waals surface area contributed by atoms with Crippen LogP contribution in [-0.2, 0) is 0 Å². The van der Waals surface area contributed by atoms with E-state index in [4.69, 9.17) is 0 Å². The van der Waals surface area contributed by atoms with Gasteiger partial charge in [-0.2, -0.15) is 0 Å². The molecule has 0 radical (unpaired) electrons. The zero-order valence-electron chi connectivity index (χ0n) is 13.8. The number of carbonyl (C=O) groups is 1. The van der Waals surface area contributed by atoms with Gasteiger partial charge in [0.05, 0.1) is 5.69 Å². The lowest BCUT2D eigenvalue weighted by Gasteiger charge is -2.34. The highest BCUT2D eigenvalue weighted by atomic mass is 19.1. The molecule has 23 heavy (non-hydrogen) atoms. The van der Waals surface area contributed by atoms with Crippen molar-refractivity contribution in [3.8, 4) is 0 Å². The van der Waals surface area contributed by atoms with Crippen LogP contribution in [0.25, 0.3) is 0 Å². The summed E-state index contributed by atoms with van der Waals surface area (Å²) in [6.45, 7) is 8.32.